The van der Waals surface area contributed by atoms with Gasteiger partial charge in [0.15, 0.2) is 0 Å². The fourth-order valence-corrected chi connectivity index (χ4v) is 3.65. The van der Waals surface area contributed by atoms with E-state index in [9.17, 15) is 4.79 Å². The van der Waals surface area contributed by atoms with Gasteiger partial charge in [0, 0.05) is 31.9 Å². The highest BCUT2D eigenvalue weighted by molar-refractivity contribution is 5.93. The second kappa shape index (κ2) is 7.27. The number of rotatable bonds is 3. The van der Waals surface area contributed by atoms with Crippen LogP contribution in [0.5, 0.6) is 0 Å². The number of para-hydroxylation sites is 2. The predicted octanol–water partition coefficient (Wildman–Crippen LogP) is 3.45. The molecule has 0 aliphatic carbocycles. The van der Waals surface area contributed by atoms with E-state index in [0.717, 1.165) is 24.5 Å². The number of hydrogen-bond acceptors (Lipinski definition) is 3. The van der Waals surface area contributed by atoms with Crippen molar-refractivity contribution in [2.75, 3.05) is 31.1 Å². The van der Waals surface area contributed by atoms with Crippen molar-refractivity contribution >= 4 is 11.6 Å². The van der Waals surface area contributed by atoms with E-state index in [-0.39, 0.29) is 5.91 Å². The first kappa shape index (κ1) is 17.3. The number of benzene rings is 2. The number of aromatic nitrogens is 2. The summed E-state index contributed by atoms with van der Waals surface area (Å²) in [7, 11) is 0. The topological polar surface area (TPSA) is 41.4 Å². The molecule has 0 spiro atoms. The second-order valence-corrected chi connectivity index (χ2v) is 6.98. The summed E-state index contributed by atoms with van der Waals surface area (Å²) in [6.07, 6.45) is 0. The number of aryl methyl sites for hydroxylation is 2. The molecule has 1 aliphatic rings. The van der Waals surface area contributed by atoms with Crippen LogP contribution in [-0.4, -0.2) is 46.8 Å². The maximum Gasteiger partial charge on any atom is 0.272 e. The van der Waals surface area contributed by atoms with E-state index in [0.29, 0.717) is 18.8 Å². The first-order valence-electron chi connectivity index (χ1n) is 9.35. The monoisotopic (exact) mass is 360 g/mol. The lowest BCUT2D eigenvalue weighted by Crippen LogP contribution is -2.49. The van der Waals surface area contributed by atoms with Crippen molar-refractivity contribution in [1.29, 1.82) is 0 Å². The molecule has 5 heteroatoms. The smallest absolute Gasteiger partial charge is 0.272 e. The summed E-state index contributed by atoms with van der Waals surface area (Å²) in [6.45, 7) is 7.17. The first-order valence-corrected chi connectivity index (χ1v) is 9.35. The third kappa shape index (κ3) is 3.45. The molecule has 0 N–H and O–H groups in total. The lowest BCUT2D eigenvalue weighted by Gasteiger charge is -2.36. The van der Waals surface area contributed by atoms with Gasteiger partial charge >= 0.3 is 0 Å². The highest BCUT2D eigenvalue weighted by Crippen LogP contribution is 2.22. The van der Waals surface area contributed by atoms with E-state index in [4.69, 9.17) is 0 Å². The molecule has 0 bridgehead atoms. The van der Waals surface area contributed by atoms with Crippen LogP contribution in [0.1, 0.15) is 21.7 Å². The number of amides is 1. The lowest BCUT2D eigenvalue weighted by molar-refractivity contribution is 0.0737. The molecular formula is C22H24N4O. The number of anilines is 1. The van der Waals surface area contributed by atoms with Gasteiger partial charge in [-0.15, -0.1) is 0 Å². The van der Waals surface area contributed by atoms with Gasteiger partial charge in [0.25, 0.3) is 5.91 Å². The molecule has 1 fully saturated rings. The van der Waals surface area contributed by atoms with Gasteiger partial charge in [-0.25, -0.2) is 4.68 Å². The van der Waals surface area contributed by atoms with Gasteiger partial charge in [0.2, 0.25) is 0 Å². The zero-order valence-corrected chi connectivity index (χ0v) is 15.8. The number of nitrogens with zero attached hydrogens (tertiary/aromatic N) is 4. The number of piperazine rings is 1. The normalized spacial score (nSPS) is 14.4. The Morgan fingerprint density at radius 2 is 1.56 bits per heavy atom. The summed E-state index contributed by atoms with van der Waals surface area (Å²) in [5, 5.41) is 4.53. The van der Waals surface area contributed by atoms with Gasteiger partial charge in [0.05, 0.1) is 11.4 Å². The van der Waals surface area contributed by atoms with Gasteiger partial charge < -0.3 is 9.80 Å². The molecule has 1 aliphatic heterocycles. The number of hydrogen-bond donors (Lipinski definition) is 0. The Kier molecular flexibility index (Phi) is 4.67. The van der Waals surface area contributed by atoms with E-state index < -0.39 is 0 Å². The fourth-order valence-electron chi connectivity index (χ4n) is 3.65. The molecule has 1 amide bonds. The third-order valence-electron chi connectivity index (χ3n) is 5.07. The van der Waals surface area contributed by atoms with Crippen molar-refractivity contribution in [2.24, 2.45) is 0 Å². The summed E-state index contributed by atoms with van der Waals surface area (Å²) in [5.74, 6) is 0.0453. The van der Waals surface area contributed by atoms with Crippen molar-refractivity contribution in [3.63, 3.8) is 0 Å². The molecule has 2 aromatic carbocycles. The van der Waals surface area contributed by atoms with E-state index >= 15 is 0 Å². The average Bonchev–Trinajstić information content (AvgIpc) is 3.10. The van der Waals surface area contributed by atoms with E-state index in [1.807, 2.05) is 48.2 Å². The SMILES string of the molecule is Cc1cc(C(=O)N2CCN(c3ccccc3C)CC2)n(-c2ccccc2)n1. The van der Waals surface area contributed by atoms with Gasteiger partial charge in [-0.1, -0.05) is 36.4 Å². The average molecular weight is 360 g/mol. The van der Waals surface area contributed by atoms with Crippen molar-refractivity contribution in [3.05, 3.63) is 77.6 Å². The molecule has 4 rings (SSSR count). The fraction of sp³-hybridized carbons (Fsp3) is 0.273. The minimum atomic E-state index is 0.0453. The van der Waals surface area contributed by atoms with Crippen LogP contribution in [0, 0.1) is 13.8 Å². The molecular weight excluding hydrogens is 336 g/mol. The quantitative estimate of drug-likeness (QED) is 0.718. The molecule has 27 heavy (non-hydrogen) atoms. The van der Waals surface area contributed by atoms with Gasteiger partial charge in [-0.2, -0.15) is 5.10 Å². The minimum absolute atomic E-state index is 0.0453. The van der Waals surface area contributed by atoms with Crippen LogP contribution in [0.25, 0.3) is 5.69 Å². The maximum absolute atomic E-state index is 13.2. The zero-order valence-electron chi connectivity index (χ0n) is 15.8. The van der Waals surface area contributed by atoms with E-state index in [1.165, 1.54) is 11.3 Å². The van der Waals surface area contributed by atoms with Crippen LogP contribution in [0.15, 0.2) is 60.7 Å². The Balaban J connectivity index is 1.52. The number of carbonyl (C=O) groups excluding carboxylic acids is 1. The van der Waals surface area contributed by atoms with Crippen molar-refractivity contribution in [1.82, 2.24) is 14.7 Å². The minimum Gasteiger partial charge on any atom is -0.368 e. The maximum atomic E-state index is 13.2. The second-order valence-electron chi connectivity index (χ2n) is 6.98. The zero-order chi connectivity index (χ0) is 18.8. The van der Waals surface area contributed by atoms with Gasteiger partial charge in [-0.3, -0.25) is 4.79 Å². The van der Waals surface area contributed by atoms with Crippen LogP contribution in [-0.2, 0) is 0 Å². The summed E-state index contributed by atoms with van der Waals surface area (Å²) < 4.78 is 1.76. The van der Waals surface area contributed by atoms with Crippen LogP contribution in [0.3, 0.4) is 0 Å². The lowest BCUT2D eigenvalue weighted by atomic mass is 10.1. The molecule has 1 aromatic heterocycles. The summed E-state index contributed by atoms with van der Waals surface area (Å²) in [4.78, 5) is 17.5. The molecule has 0 unspecified atom stereocenters. The molecule has 138 valence electrons. The Bertz CT molecular complexity index is 940. The Labute approximate surface area is 159 Å². The standard InChI is InChI=1S/C22H24N4O/c1-17-8-6-7-11-20(17)24-12-14-25(15-13-24)22(27)21-16-18(2)23-26(21)19-9-4-3-5-10-19/h3-11,16H,12-15H2,1-2H3. The Morgan fingerprint density at radius 1 is 0.889 bits per heavy atom. The first-order chi connectivity index (χ1) is 13.1. The largest absolute Gasteiger partial charge is 0.368 e. The van der Waals surface area contributed by atoms with Gasteiger partial charge in [0.1, 0.15) is 5.69 Å². The van der Waals surface area contributed by atoms with Crippen molar-refractivity contribution in [3.8, 4) is 5.69 Å². The summed E-state index contributed by atoms with van der Waals surface area (Å²) >= 11 is 0. The highest BCUT2D eigenvalue weighted by Gasteiger charge is 2.26. The molecule has 0 atom stereocenters. The van der Waals surface area contributed by atoms with Crippen LogP contribution in [0.4, 0.5) is 5.69 Å². The van der Waals surface area contributed by atoms with Crippen molar-refractivity contribution in [2.45, 2.75) is 13.8 Å². The van der Waals surface area contributed by atoms with Crippen LogP contribution < -0.4 is 4.90 Å². The molecule has 5 nitrogen and oxygen atoms in total. The summed E-state index contributed by atoms with van der Waals surface area (Å²) in [5.41, 5.74) is 4.92. The molecule has 2 heterocycles. The van der Waals surface area contributed by atoms with E-state index in [1.54, 1.807) is 4.68 Å². The third-order valence-corrected chi connectivity index (χ3v) is 5.07. The van der Waals surface area contributed by atoms with E-state index in [2.05, 4.69) is 41.2 Å². The molecule has 3 aromatic rings. The Hall–Kier alpha value is -3.08. The highest BCUT2D eigenvalue weighted by atomic mass is 16.2. The molecule has 0 saturated carbocycles. The van der Waals surface area contributed by atoms with Crippen LogP contribution >= 0.6 is 0 Å². The predicted molar refractivity (Wildman–Crippen MR) is 108 cm³/mol. The summed E-state index contributed by atoms with van der Waals surface area (Å²) in [6, 6.07) is 20.1. The van der Waals surface area contributed by atoms with Crippen LogP contribution in [0.2, 0.25) is 0 Å². The number of carbonyl (C=O) groups is 1. The van der Waals surface area contributed by atoms with Gasteiger partial charge in [-0.05, 0) is 43.7 Å². The Morgan fingerprint density at radius 3 is 2.26 bits per heavy atom. The molecule has 1 saturated heterocycles. The van der Waals surface area contributed by atoms with Crippen molar-refractivity contribution < 1.29 is 4.79 Å². The molecule has 0 radical (unpaired) electrons.